The van der Waals surface area contributed by atoms with Crippen molar-refractivity contribution in [2.75, 3.05) is 11.1 Å². The first-order valence-electron chi connectivity index (χ1n) is 5.28. The molecule has 0 aliphatic heterocycles. The van der Waals surface area contributed by atoms with Gasteiger partial charge in [-0.25, -0.2) is 13.2 Å². The molecule has 0 aliphatic carbocycles. The lowest BCUT2D eigenvalue weighted by atomic mass is 10.2. The van der Waals surface area contributed by atoms with Gasteiger partial charge in [0.25, 0.3) is 5.91 Å². The van der Waals surface area contributed by atoms with Crippen LogP contribution in [0.5, 0.6) is 0 Å². The van der Waals surface area contributed by atoms with Gasteiger partial charge < -0.3 is 11.1 Å². The standard InChI is InChI=1S/C13H9F3N2O/c14-8-3-7(4-9(15)5-8)13(19)18-10-1-2-11(16)12(17)6-10/h1-6H,17H2,(H,18,19). The lowest BCUT2D eigenvalue weighted by molar-refractivity contribution is 0.102. The molecule has 0 saturated carbocycles. The van der Waals surface area contributed by atoms with Gasteiger partial charge in [-0.1, -0.05) is 0 Å². The summed E-state index contributed by atoms with van der Waals surface area (Å²) in [6, 6.07) is 6.03. The summed E-state index contributed by atoms with van der Waals surface area (Å²) < 4.78 is 38.8. The molecule has 3 nitrogen and oxygen atoms in total. The summed E-state index contributed by atoms with van der Waals surface area (Å²) in [5.74, 6) is -3.05. The molecule has 0 aromatic heterocycles. The Morgan fingerprint density at radius 1 is 1.00 bits per heavy atom. The van der Waals surface area contributed by atoms with Crippen molar-refractivity contribution in [1.82, 2.24) is 0 Å². The van der Waals surface area contributed by atoms with Crippen LogP contribution in [0.2, 0.25) is 0 Å². The molecule has 0 aliphatic rings. The molecule has 0 heterocycles. The number of nitrogen functional groups attached to an aromatic ring is 1. The predicted molar refractivity (Wildman–Crippen MR) is 65.1 cm³/mol. The molecule has 2 aromatic carbocycles. The maximum absolute atomic E-state index is 13.0. The second kappa shape index (κ2) is 5.01. The van der Waals surface area contributed by atoms with Crippen molar-refractivity contribution in [3.8, 4) is 0 Å². The van der Waals surface area contributed by atoms with Crippen molar-refractivity contribution in [2.24, 2.45) is 0 Å². The van der Waals surface area contributed by atoms with Crippen molar-refractivity contribution < 1.29 is 18.0 Å². The van der Waals surface area contributed by atoms with Gasteiger partial charge in [0, 0.05) is 17.3 Å². The Labute approximate surface area is 106 Å². The summed E-state index contributed by atoms with van der Waals surface area (Å²) in [5.41, 5.74) is 5.25. The Morgan fingerprint density at radius 3 is 2.21 bits per heavy atom. The molecule has 0 spiro atoms. The second-order valence-electron chi connectivity index (χ2n) is 3.85. The molecule has 1 amide bonds. The van der Waals surface area contributed by atoms with E-state index in [0.29, 0.717) is 6.07 Å². The topological polar surface area (TPSA) is 55.1 Å². The third-order valence-electron chi connectivity index (χ3n) is 2.38. The van der Waals surface area contributed by atoms with E-state index in [2.05, 4.69) is 5.32 Å². The van der Waals surface area contributed by atoms with Crippen molar-refractivity contribution in [3.63, 3.8) is 0 Å². The minimum atomic E-state index is -0.858. The molecule has 0 bridgehead atoms. The fraction of sp³-hybridized carbons (Fsp3) is 0. The molecule has 0 fully saturated rings. The van der Waals surface area contributed by atoms with Gasteiger partial charge in [0.1, 0.15) is 17.5 Å². The lowest BCUT2D eigenvalue weighted by Gasteiger charge is -2.07. The number of carbonyl (C=O) groups excluding carboxylic acids is 1. The minimum absolute atomic E-state index is 0.136. The van der Waals surface area contributed by atoms with Gasteiger partial charge in [-0.15, -0.1) is 0 Å². The number of nitrogens with one attached hydrogen (secondary N) is 1. The van der Waals surface area contributed by atoms with E-state index in [1.807, 2.05) is 0 Å². The number of amides is 1. The van der Waals surface area contributed by atoms with E-state index in [9.17, 15) is 18.0 Å². The van der Waals surface area contributed by atoms with Crippen molar-refractivity contribution in [2.45, 2.75) is 0 Å². The molecular weight excluding hydrogens is 257 g/mol. The van der Waals surface area contributed by atoms with Gasteiger partial charge in [-0.2, -0.15) is 0 Å². The van der Waals surface area contributed by atoms with Crippen LogP contribution in [0.4, 0.5) is 24.5 Å². The number of nitrogens with two attached hydrogens (primary N) is 1. The zero-order valence-electron chi connectivity index (χ0n) is 9.58. The average Bonchev–Trinajstić information content (AvgIpc) is 2.32. The van der Waals surface area contributed by atoms with E-state index in [-0.39, 0.29) is 16.9 Å². The van der Waals surface area contributed by atoms with E-state index in [1.54, 1.807) is 0 Å². The fourth-order valence-corrected chi connectivity index (χ4v) is 1.51. The molecule has 3 N–H and O–H groups in total. The quantitative estimate of drug-likeness (QED) is 0.821. The molecule has 2 aromatic rings. The van der Waals surface area contributed by atoms with Crippen LogP contribution in [0.25, 0.3) is 0 Å². The van der Waals surface area contributed by atoms with E-state index < -0.39 is 23.4 Å². The number of carbonyl (C=O) groups is 1. The monoisotopic (exact) mass is 266 g/mol. The smallest absolute Gasteiger partial charge is 0.255 e. The van der Waals surface area contributed by atoms with Gasteiger partial charge >= 0.3 is 0 Å². The van der Waals surface area contributed by atoms with Gasteiger partial charge in [0.15, 0.2) is 0 Å². The van der Waals surface area contributed by atoms with Crippen LogP contribution in [0.3, 0.4) is 0 Å². The summed E-state index contributed by atoms with van der Waals surface area (Å²) in [7, 11) is 0. The van der Waals surface area contributed by atoms with Crippen LogP contribution in [-0.4, -0.2) is 5.91 Å². The summed E-state index contributed by atoms with van der Waals surface area (Å²) >= 11 is 0. The van der Waals surface area contributed by atoms with Crippen LogP contribution >= 0.6 is 0 Å². The van der Waals surface area contributed by atoms with E-state index in [0.717, 1.165) is 18.2 Å². The number of hydrogen-bond acceptors (Lipinski definition) is 2. The van der Waals surface area contributed by atoms with Gasteiger partial charge in [0.05, 0.1) is 5.69 Å². The first kappa shape index (κ1) is 12.9. The van der Waals surface area contributed by atoms with Gasteiger partial charge in [0.2, 0.25) is 0 Å². The van der Waals surface area contributed by atoms with Crippen molar-refractivity contribution in [3.05, 3.63) is 59.4 Å². The van der Waals surface area contributed by atoms with Crippen LogP contribution in [-0.2, 0) is 0 Å². The Hall–Kier alpha value is -2.50. The zero-order valence-corrected chi connectivity index (χ0v) is 9.58. The highest BCUT2D eigenvalue weighted by Gasteiger charge is 2.10. The maximum Gasteiger partial charge on any atom is 0.255 e. The summed E-state index contributed by atoms with van der Waals surface area (Å²) in [6.45, 7) is 0. The maximum atomic E-state index is 13.0. The molecule has 0 unspecified atom stereocenters. The normalized spacial score (nSPS) is 10.3. The molecule has 2 rings (SSSR count). The first-order chi connectivity index (χ1) is 8.95. The molecule has 98 valence electrons. The largest absolute Gasteiger partial charge is 0.396 e. The highest BCUT2D eigenvalue weighted by Crippen LogP contribution is 2.17. The number of halogens is 3. The summed E-state index contributed by atoms with van der Waals surface area (Å²) in [4.78, 5) is 11.7. The minimum Gasteiger partial charge on any atom is -0.396 e. The first-order valence-corrected chi connectivity index (χ1v) is 5.28. The average molecular weight is 266 g/mol. The Balaban J connectivity index is 2.22. The Kier molecular flexibility index (Phi) is 3.41. The molecule has 0 saturated heterocycles. The van der Waals surface area contributed by atoms with Crippen LogP contribution < -0.4 is 11.1 Å². The summed E-state index contributed by atoms with van der Waals surface area (Å²) in [6.07, 6.45) is 0. The van der Waals surface area contributed by atoms with Crippen LogP contribution in [0.15, 0.2) is 36.4 Å². The van der Waals surface area contributed by atoms with Crippen LogP contribution in [0, 0.1) is 17.5 Å². The number of anilines is 2. The van der Waals surface area contributed by atoms with Gasteiger partial charge in [-0.05, 0) is 30.3 Å². The molecule has 19 heavy (non-hydrogen) atoms. The fourth-order valence-electron chi connectivity index (χ4n) is 1.51. The number of benzene rings is 2. The number of hydrogen-bond donors (Lipinski definition) is 2. The Bertz CT molecular complexity index is 624. The summed E-state index contributed by atoms with van der Waals surface area (Å²) in [5, 5.41) is 2.36. The lowest BCUT2D eigenvalue weighted by Crippen LogP contribution is -2.12. The second-order valence-corrected chi connectivity index (χ2v) is 3.85. The van der Waals surface area contributed by atoms with E-state index in [4.69, 9.17) is 5.73 Å². The van der Waals surface area contributed by atoms with Crippen LogP contribution in [0.1, 0.15) is 10.4 Å². The third kappa shape index (κ3) is 3.04. The SMILES string of the molecule is Nc1cc(NC(=O)c2cc(F)cc(F)c2)ccc1F. The Morgan fingerprint density at radius 2 is 1.63 bits per heavy atom. The van der Waals surface area contributed by atoms with Gasteiger partial charge in [-0.3, -0.25) is 4.79 Å². The molecule has 0 atom stereocenters. The molecule has 6 heteroatoms. The van der Waals surface area contributed by atoms with Crippen molar-refractivity contribution in [1.29, 1.82) is 0 Å². The zero-order chi connectivity index (χ0) is 14.0. The highest BCUT2D eigenvalue weighted by atomic mass is 19.1. The van der Waals surface area contributed by atoms with E-state index in [1.165, 1.54) is 12.1 Å². The molecular formula is C13H9F3N2O. The van der Waals surface area contributed by atoms with Crippen molar-refractivity contribution >= 4 is 17.3 Å². The third-order valence-corrected chi connectivity index (χ3v) is 2.38. The highest BCUT2D eigenvalue weighted by molar-refractivity contribution is 6.04. The number of rotatable bonds is 2. The predicted octanol–water partition coefficient (Wildman–Crippen LogP) is 2.94. The molecule has 0 radical (unpaired) electrons. The van der Waals surface area contributed by atoms with E-state index >= 15 is 0 Å².